The van der Waals surface area contributed by atoms with Crippen LogP contribution in [-0.2, 0) is 6.54 Å². The zero-order chi connectivity index (χ0) is 9.54. The Hall–Kier alpha value is -0.550. The highest BCUT2D eigenvalue weighted by Crippen LogP contribution is 2.43. The maximum Gasteiger partial charge on any atom is 0.191 e. The van der Waals surface area contributed by atoms with E-state index in [-0.39, 0.29) is 0 Å². The first-order valence-corrected chi connectivity index (χ1v) is 6.07. The standard InChI is InChI=1S/C9H14N4S/c10-5-8-11-12-9(14-7-3-4-7)13(8)6-1-2-6/h6-7H,1-5,10H2. The van der Waals surface area contributed by atoms with Crippen LogP contribution in [0.5, 0.6) is 0 Å². The highest BCUT2D eigenvalue weighted by molar-refractivity contribution is 8.00. The van der Waals surface area contributed by atoms with Crippen molar-refractivity contribution in [3.05, 3.63) is 5.82 Å². The van der Waals surface area contributed by atoms with Gasteiger partial charge in [-0.2, -0.15) is 0 Å². The summed E-state index contributed by atoms with van der Waals surface area (Å²) in [6, 6.07) is 0.643. The van der Waals surface area contributed by atoms with Crippen LogP contribution in [0.3, 0.4) is 0 Å². The fourth-order valence-corrected chi connectivity index (χ4v) is 2.69. The summed E-state index contributed by atoms with van der Waals surface area (Å²) in [6.45, 7) is 0.509. The third kappa shape index (κ3) is 1.54. The van der Waals surface area contributed by atoms with E-state index in [1.54, 1.807) is 0 Å². The number of hydrogen-bond donors (Lipinski definition) is 1. The van der Waals surface area contributed by atoms with Crippen LogP contribution in [0.2, 0.25) is 0 Å². The van der Waals surface area contributed by atoms with E-state index < -0.39 is 0 Å². The fraction of sp³-hybridized carbons (Fsp3) is 0.778. The van der Waals surface area contributed by atoms with Crippen LogP contribution in [0, 0.1) is 0 Å². The fourth-order valence-electron chi connectivity index (χ4n) is 1.56. The summed E-state index contributed by atoms with van der Waals surface area (Å²) in [7, 11) is 0. The van der Waals surface area contributed by atoms with Crippen LogP contribution >= 0.6 is 11.8 Å². The Balaban J connectivity index is 1.88. The predicted molar refractivity (Wildman–Crippen MR) is 55.1 cm³/mol. The summed E-state index contributed by atoms with van der Waals surface area (Å²) < 4.78 is 2.25. The molecular weight excluding hydrogens is 196 g/mol. The number of aromatic nitrogens is 3. The third-order valence-corrected chi connectivity index (χ3v) is 3.92. The Morgan fingerprint density at radius 3 is 2.64 bits per heavy atom. The summed E-state index contributed by atoms with van der Waals surface area (Å²) in [5.41, 5.74) is 5.64. The Kier molecular flexibility index (Phi) is 2.02. The summed E-state index contributed by atoms with van der Waals surface area (Å²) in [5, 5.41) is 10.3. The predicted octanol–water partition coefficient (Wildman–Crippen LogP) is 1.33. The van der Waals surface area contributed by atoms with Gasteiger partial charge in [0.2, 0.25) is 0 Å². The maximum atomic E-state index is 5.64. The number of rotatable bonds is 4. The van der Waals surface area contributed by atoms with Crippen LogP contribution in [0.1, 0.15) is 37.5 Å². The molecule has 0 aromatic carbocycles. The molecule has 3 rings (SSSR count). The third-order valence-electron chi connectivity index (χ3n) is 2.63. The van der Waals surface area contributed by atoms with Crippen molar-refractivity contribution in [3.8, 4) is 0 Å². The molecule has 2 N–H and O–H groups in total. The van der Waals surface area contributed by atoms with E-state index in [1.807, 2.05) is 11.8 Å². The van der Waals surface area contributed by atoms with Crippen LogP contribution in [-0.4, -0.2) is 20.0 Å². The zero-order valence-corrected chi connectivity index (χ0v) is 8.83. The monoisotopic (exact) mass is 210 g/mol. The zero-order valence-electron chi connectivity index (χ0n) is 8.02. The highest BCUT2D eigenvalue weighted by Gasteiger charge is 2.32. The van der Waals surface area contributed by atoms with E-state index >= 15 is 0 Å². The molecule has 76 valence electrons. The summed E-state index contributed by atoms with van der Waals surface area (Å²) in [4.78, 5) is 0. The quantitative estimate of drug-likeness (QED) is 0.814. The lowest BCUT2D eigenvalue weighted by molar-refractivity contribution is 0.626. The second-order valence-electron chi connectivity index (χ2n) is 4.02. The molecular formula is C9H14N4S. The van der Waals surface area contributed by atoms with Gasteiger partial charge in [-0.05, 0) is 25.7 Å². The maximum absolute atomic E-state index is 5.64. The summed E-state index contributed by atoms with van der Waals surface area (Å²) in [6.07, 6.45) is 5.20. The van der Waals surface area contributed by atoms with Crippen molar-refractivity contribution in [2.75, 3.05) is 0 Å². The molecule has 2 aliphatic rings. The van der Waals surface area contributed by atoms with Gasteiger partial charge in [-0.3, -0.25) is 0 Å². The smallest absolute Gasteiger partial charge is 0.191 e. The Bertz CT molecular complexity index is 341. The molecule has 2 saturated carbocycles. The van der Waals surface area contributed by atoms with E-state index in [0.717, 1.165) is 16.2 Å². The van der Waals surface area contributed by atoms with E-state index in [1.165, 1.54) is 25.7 Å². The molecule has 1 heterocycles. The van der Waals surface area contributed by atoms with E-state index in [9.17, 15) is 0 Å². The summed E-state index contributed by atoms with van der Waals surface area (Å²) in [5.74, 6) is 0.954. The van der Waals surface area contributed by atoms with Gasteiger partial charge in [0, 0.05) is 11.3 Å². The second kappa shape index (κ2) is 3.24. The van der Waals surface area contributed by atoms with Crippen molar-refractivity contribution < 1.29 is 0 Å². The van der Waals surface area contributed by atoms with Gasteiger partial charge in [-0.15, -0.1) is 10.2 Å². The largest absolute Gasteiger partial charge is 0.324 e. The molecule has 14 heavy (non-hydrogen) atoms. The van der Waals surface area contributed by atoms with Crippen molar-refractivity contribution >= 4 is 11.8 Å². The van der Waals surface area contributed by atoms with Gasteiger partial charge in [0.15, 0.2) is 5.16 Å². The average Bonchev–Trinajstić information content (AvgIpc) is 3.07. The summed E-state index contributed by atoms with van der Waals surface area (Å²) >= 11 is 1.87. The average molecular weight is 210 g/mol. The molecule has 0 radical (unpaired) electrons. The number of hydrogen-bond acceptors (Lipinski definition) is 4. The molecule has 4 nitrogen and oxygen atoms in total. The highest BCUT2D eigenvalue weighted by atomic mass is 32.2. The van der Waals surface area contributed by atoms with Crippen molar-refractivity contribution in [2.45, 2.75) is 48.7 Å². The van der Waals surface area contributed by atoms with Gasteiger partial charge in [0.25, 0.3) is 0 Å². The number of thioether (sulfide) groups is 1. The first-order valence-electron chi connectivity index (χ1n) is 5.19. The van der Waals surface area contributed by atoms with Gasteiger partial charge in [-0.1, -0.05) is 11.8 Å². The van der Waals surface area contributed by atoms with Crippen LogP contribution in [0.15, 0.2) is 5.16 Å². The molecule has 0 aliphatic heterocycles. The Morgan fingerprint density at radius 1 is 1.29 bits per heavy atom. The SMILES string of the molecule is NCc1nnc(SC2CC2)n1C1CC1. The van der Waals surface area contributed by atoms with Crippen LogP contribution in [0.25, 0.3) is 0 Å². The normalized spacial score (nSPS) is 21.5. The van der Waals surface area contributed by atoms with Crippen molar-refractivity contribution in [2.24, 2.45) is 5.73 Å². The molecule has 0 spiro atoms. The lowest BCUT2D eigenvalue weighted by atomic mass is 10.5. The van der Waals surface area contributed by atoms with E-state index in [2.05, 4.69) is 14.8 Å². The molecule has 1 aromatic heterocycles. The lowest BCUT2D eigenvalue weighted by Crippen LogP contribution is -2.08. The second-order valence-corrected chi connectivity index (χ2v) is 5.29. The Morgan fingerprint density at radius 2 is 2.07 bits per heavy atom. The van der Waals surface area contributed by atoms with Gasteiger partial charge >= 0.3 is 0 Å². The molecule has 0 unspecified atom stereocenters. The van der Waals surface area contributed by atoms with Gasteiger partial charge in [0.1, 0.15) is 5.82 Å². The van der Waals surface area contributed by atoms with E-state index in [4.69, 9.17) is 5.73 Å². The van der Waals surface area contributed by atoms with Crippen LogP contribution in [0.4, 0.5) is 0 Å². The molecule has 0 saturated heterocycles. The first-order chi connectivity index (χ1) is 6.88. The molecule has 1 aromatic rings. The van der Waals surface area contributed by atoms with Gasteiger partial charge < -0.3 is 10.3 Å². The Labute approximate surface area is 87.3 Å². The minimum Gasteiger partial charge on any atom is -0.324 e. The first kappa shape index (κ1) is 8.73. The molecule has 2 fully saturated rings. The van der Waals surface area contributed by atoms with Crippen molar-refractivity contribution in [3.63, 3.8) is 0 Å². The number of nitrogens with two attached hydrogens (primary N) is 1. The van der Waals surface area contributed by atoms with Gasteiger partial charge in [0.05, 0.1) is 6.54 Å². The molecule has 0 atom stereocenters. The van der Waals surface area contributed by atoms with E-state index in [0.29, 0.717) is 12.6 Å². The molecule has 5 heteroatoms. The number of nitrogens with zero attached hydrogens (tertiary/aromatic N) is 3. The lowest BCUT2D eigenvalue weighted by Gasteiger charge is -2.06. The van der Waals surface area contributed by atoms with Crippen molar-refractivity contribution in [1.29, 1.82) is 0 Å². The molecule has 0 amide bonds. The molecule has 0 bridgehead atoms. The molecule has 2 aliphatic carbocycles. The topological polar surface area (TPSA) is 56.7 Å². The van der Waals surface area contributed by atoms with Crippen LogP contribution < -0.4 is 5.73 Å². The minimum atomic E-state index is 0.509. The van der Waals surface area contributed by atoms with Crippen molar-refractivity contribution in [1.82, 2.24) is 14.8 Å². The minimum absolute atomic E-state index is 0.509. The van der Waals surface area contributed by atoms with Gasteiger partial charge in [-0.25, -0.2) is 0 Å².